The summed E-state index contributed by atoms with van der Waals surface area (Å²) in [5.41, 5.74) is 1.12. The van der Waals surface area contributed by atoms with Crippen molar-refractivity contribution in [2.75, 3.05) is 18.0 Å². The van der Waals surface area contributed by atoms with Crippen molar-refractivity contribution in [2.24, 2.45) is 5.18 Å². The number of rotatable bonds is 19. The molecule has 3 rings (SSSR count). The van der Waals surface area contributed by atoms with Crippen LogP contribution in [0.25, 0.3) is 0 Å². The number of nitroso groups, excluding NO2 is 1. The molecule has 0 spiro atoms. The second kappa shape index (κ2) is 16.0. The van der Waals surface area contributed by atoms with Crippen LogP contribution in [0.4, 0.5) is 11.6 Å². The van der Waals surface area contributed by atoms with E-state index < -0.39 is 0 Å². The third-order valence-electron chi connectivity index (χ3n) is 7.49. The van der Waals surface area contributed by atoms with E-state index in [1.807, 2.05) is 0 Å². The Balaban J connectivity index is 1.35. The molecule has 0 radical (unpaired) electrons. The van der Waals surface area contributed by atoms with E-state index >= 15 is 0 Å². The van der Waals surface area contributed by atoms with Gasteiger partial charge in [-0.05, 0) is 50.1 Å². The van der Waals surface area contributed by atoms with Gasteiger partial charge in [0.15, 0.2) is 5.69 Å². The number of unbranched alkanes of at least 4 members (excludes halogenated alkanes) is 13. The molecule has 6 heteroatoms. The zero-order chi connectivity index (χ0) is 23.8. The van der Waals surface area contributed by atoms with Crippen LogP contribution < -0.4 is 9.64 Å². The Bertz CT molecular complexity index is 702. The van der Waals surface area contributed by atoms with E-state index in [-0.39, 0.29) is 6.10 Å². The highest BCUT2D eigenvalue weighted by atomic mass is 16.5. The van der Waals surface area contributed by atoms with Crippen LogP contribution in [0.3, 0.4) is 0 Å². The van der Waals surface area contributed by atoms with Crippen molar-refractivity contribution in [3.63, 3.8) is 0 Å². The number of ether oxygens (including phenoxy) is 1. The second-order valence-electron chi connectivity index (χ2n) is 10.4. The van der Waals surface area contributed by atoms with E-state index in [9.17, 15) is 4.91 Å². The first-order valence-corrected chi connectivity index (χ1v) is 14.5. The molecular formula is C28H48N4O2. The maximum absolute atomic E-state index is 11.7. The Morgan fingerprint density at radius 2 is 1.35 bits per heavy atom. The number of aromatic nitrogens is 2. The fourth-order valence-corrected chi connectivity index (χ4v) is 5.01. The van der Waals surface area contributed by atoms with Gasteiger partial charge in [-0.25, -0.2) is 4.98 Å². The third-order valence-corrected chi connectivity index (χ3v) is 7.49. The number of aryl methyl sites for hydroxylation is 1. The van der Waals surface area contributed by atoms with Crippen molar-refractivity contribution in [1.29, 1.82) is 0 Å². The first kappa shape index (κ1) is 26.9. The van der Waals surface area contributed by atoms with Gasteiger partial charge in [0.2, 0.25) is 11.8 Å². The highest BCUT2D eigenvalue weighted by Gasteiger charge is 2.26. The molecule has 0 N–H and O–H groups in total. The number of anilines is 1. The normalized spacial score (nSPS) is 16.1. The van der Waals surface area contributed by atoms with Crippen molar-refractivity contribution in [3.05, 3.63) is 10.6 Å². The summed E-state index contributed by atoms with van der Waals surface area (Å²) in [6.45, 7) is 4.24. The molecule has 1 aliphatic carbocycles. The van der Waals surface area contributed by atoms with Gasteiger partial charge in [-0.2, -0.15) is 4.98 Å². The Labute approximate surface area is 207 Å². The summed E-state index contributed by atoms with van der Waals surface area (Å²) in [4.78, 5) is 23.3. The smallest absolute Gasteiger partial charge is 0.249 e. The molecule has 34 heavy (non-hydrogen) atoms. The van der Waals surface area contributed by atoms with Crippen molar-refractivity contribution in [3.8, 4) is 5.88 Å². The van der Waals surface area contributed by atoms with Gasteiger partial charge in [0, 0.05) is 13.1 Å². The van der Waals surface area contributed by atoms with Crippen LogP contribution in [-0.4, -0.2) is 29.2 Å². The van der Waals surface area contributed by atoms with Gasteiger partial charge in [-0.1, -0.05) is 90.4 Å². The fourth-order valence-electron chi connectivity index (χ4n) is 5.01. The molecule has 1 saturated carbocycles. The second-order valence-corrected chi connectivity index (χ2v) is 10.4. The van der Waals surface area contributed by atoms with Crippen LogP contribution in [0.15, 0.2) is 5.18 Å². The third kappa shape index (κ3) is 9.14. The maximum atomic E-state index is 11.7. The van der Waals surface area contributed by atoms with Crippen LogP contribution in [0.2, 0.25) is 0 Å². The van der Waals surface area contributed by atoms with E-state index in [1.165, 1.54) is 103 Å². The molecule has 0 bridgehead atoms. The van der Waals surface area contributed by atoms with Gasteiger partial charge in [-0.15, -0.1) is 4.91 Å². The lowest BCUT2D eigenvalue weighted by atomic mass is 9.96. The Kier molecular flexibility index (Phi) is 12.7. The van der Waals surface area contributed by atoms with Crippen LogP contribution in [0.1, 0.15) is 135 Å². The average molecular weight is 473 g/mol. The predicted octanol–water partition coefficient (Wildman–Crippen LogP) is 8.43. The maximum Gasteiger partial charge on any atom is 0.249 e. The van der Waals surface area contributed by atoms with Crippen LogP contribution in [-0.2, 0) is 6.42 Å². The van der Waals surface area contributed by atoms with Crippen LogP contribution >= 0.6 is 0 Å². The fraction of sp³-hybridized carbons (Fsp3) is 0.857. The topological polar surface area (TPSA) is 67.7 Å². The van der Waals surface area contributed by atoms with Gasteiger partial charge < -0.3 is 9.64 Å². The summed E-state index contributed by atoms with van der Waals surface area (Å²) in [5, 5.41) is 3.32. The summed E-state index contributed by atoms with van der Waals surface area (Å²) in [7, 11) is 0. The van der Waals surface area contributed by atoms with Gasteiger partial charge in [0.05, 0.1) is 5.69 Å². The zero-order valence-electron chi connectivity index (χ0n) is 21.7. The van der Waals surface area contributed by atoms with Gasteiger partial charge in [0.25, 0.3) is 0 Å². The van der Waals surface area contributed by atoms with Gasteiger partial charge >= 0.3 is 0 Å². The SMILES string of the molecule is CCCCCCCCCCCCCCCCc1nc(N2CCCC2)nc(OC2CCC2)c1N=O. The summed E-state index contributed by atoms with van der Waals surface area (Å²) in [5.74, 6) is 1.14. The van der Waals surface area contributed by atoms with Crippen molar-refractivity contribution >= 4 is 11.6 Å². The van der Waals surface area contributed by atoms with E-state index in [2.05, 4.69) is 22.0 Å². The number of hydrogen-bond acceptors (Lipinski definition) is 6. The van der Waals surface area contributed by atoms with Crippen molar-refractivity contribution in [2.45, 2.75) is 141 Å². The highest BCUT2D eigenvalue weighted by molar-refractivity contribution is 5.55. The molecule has 2 aliphatic rings. The highest BCUT2D eigenvalue weighted by Crippen LogP contribution is 2.36. The monoisotopic (exact) mass is 472 g/mol. The molecular weight excluding hydrogens is 424 g/mol. The molecule has 0 amide bonds. The lowest BCUT2D eigenvalue weighted by Gasteiger charge is -2.27. The summed E-state index contributed by atoms with van der Waals surface area (Å²) in [6.07, 6.45) is 25.3. The molecule has 0 aromatic carbocycles. The molecule has 0 atom stereocenters. The number of hydrogen-bond donors (Lipinski definition) is 0. The molecule has 0 unspecified atom stereocenters. The minimum Gasteiger partial charge on any atom is -0.473 e. The zero-order valence-corrected chi connectivity index (χ0v) is 21.7. The number of nitrogens with zero attached hydrogens (tertiary/aromatic N) is 4. The molecule has 1 aromatic heterocycles. The molecule has 1 saturated heterocycles. The largest absolute Gasteiger partial charge is 0.473 e. The van der Waals surface area contributed by atoms with Gasteiger partial charge in [0.1, 0.15) is 6.10 Å². The van der Waals surface area contributed by atoms with Crippen molar-refractivity contribution < 1.29 is 4.74 Å². The van der Waals surface area contributed by atoms with E-state index in [0.717, 1.165) is 50.4 Å². The average Bonchev–Trinajstić information content (AvgIpc) is 3.36. The lowest BCUT2D eigenvalue weighted by Crippen LogP contribution is -2.26. The summed E-state index contributed by atoms with van der Waals surface area (Å²) >= 11 is 0. The van der Waals surface area contributed by atoms with Gasteiger partial charge in [-0.3, -0.25) is 0 Å². The molecule has 2 fully saturated rings. The molecule has 192 valence electrons. The first-order valence-electron chi connectivity index (χ1n) is 14.5. The molecule has 2 heterocycles. The molecule has 6 nitrogen and oxygen atoms in total. The standard InChI is InChI=1S/C28H48N4O2/c1-2-3-4-5-6-7-8-9-10-11-12-13-14-15-21-25-26(31-33)27(34-24-19-18-20-24)30-28(29-25)32-22-16-17-23-32/h24H,2-23H2,1H3. The molecule has 1 aromatic rings. The Hall–Kier alpha value is -1.72. The minimum atomic E-state index is 0.177. The van der Waals surface area contributed by atoms with Crippen LogP contribution in [0, 0.1) is 4.91 Å². The summed E-state index contributed by atoms with van der Waals surface area (Å²) in [6, 6.07) is 0. The van der Waals surface area contributed by atoms with Crippen LogP contribution in [0.5, 0.6) is 5.88 Å². The van der Waals surface area contributed by atoms with E-state index in [0.29, 0.717) is 11.6 Å². The lowest BCUT2D eigenvalue weighted by molar-refractivity contribution is 0.115. The quantitative estimate of drug-likeness (QED) is 0.149. The van der Waals surface area contributed by atoms with E-state index in [1.54, 1.807) is 0 Å². The van der Waals surface area contributed by atoms with Crippen molar-refractivity contribution in [1.82, 2.24) is 9.97 Å². The minimum absolute atomic E-state index is 0.177. The Morgan fingerprint density at radius 3 is 1.85 bits per heavy atom. The summed E-state index contributed by atoms with van der Waals surface area (Å²) < 4.78 is 6.07. The predicted molar refractivity (Wildman–Crippen MR) is 141 cm³/mol. The molecule has 1 aliphatic heterocycles. The Morgan fingerprint density at radius 1 is 0.794 bits per heavy atom. The first-order chi connectivity index (χ1) is 16.8. The van der Waals surface area contributed by atoms with E-state index in [4.69, 9.17) is 9.72 Å².